The van der Waals surface area contributed by atoms with Crippen LogP contribution in [0.1, 0.15) is 44.0 Å². The highest BCUT2D eigenvalue weighted by molar-refractivity contribution is 5.89. The summed E-state index contributed by atoms with van der Waals surface area (Å²) in [5.41, 5.74) is 5.06. The minimum absolute atomic E-state index is 0.179. The molecule has 2 rings (SSSR count). The van der Waals surface area contributed by atoms with Crippen LogP contribution in [0.15, 0.2) is 12.1 Å². The van der Waals surface area contributed by atoms with Crippen LogP contribution in [0, 0.1) is 19.3 Å². The average molecular weight is 263 g/mol. The second-order valence-corrected chi connectivity index (χ2v) is 5.67. The Balaban J connectivity index is 2.16. The number of amides is 1. The highest BCUT2D eigenvalue weighted by atomic mass is 16.2. The Hall–Kier alpha value is -1.29. The van der Waals surface area contributed by atoms with Gasteiger partial charge < -0.3 is 5.32 Å². The molecule has 0 spiro atoms. The number of nitrogens with one attached hydrogen (secondary N) is 2. The van der Waals surface area contributed by atoms with Gasteiger partial charge in [-0.25, -0.2) is 0 Å². The van der Waals surface area contributed by atoms with Gasteiger partial charge in [0.2, 0.25) is 5.91 Å². The van der Waals surface area contributed by atoms with Crippen LogP contribution in [0.4, 0.5) is 0 Å². The Kier molecular flexibility index (Phi) is 4.30. The zero-order valence-electron chi connectivity index (χ0n) is 12.3. The molecule has 1 saturated heterocycles. The first-order valence-corrected chi connectivity index (χ1v) is 7.26. The summed E-state index contributed by atoms with van der Waals surface area (Å²) in [6, 6.07) is 4.06. The largest absolute Gasteiger partial charge is 0.317 e. The number of rotatable bonds is 4. The molecule has 19 heavy (non-hydrogen) atoms. The molecule has 0 aliphatic carbocycles. The van der Waals surface area contributed by atoms with Crippen molar-refractivity contribution >= 4 is 5.91 Å². The lowest BCUT2D eigenvalue weighted by atomic mass is 9.75. The number of piperidine rings is 1. The topological polar surface area (TPSA) is 46.1 Å². The van der Waals surface area contributed by atoms with E-state index >= 15 is 0 Å². The van der Waals surface area contributed by atoms with Gasteiger partial charge in [-0.05, 0) is 58.3 Å². The van der Waals surface area contributed by atoms with Crippen molar-refractivity contribution in [2.75, 3.05) is 18.5 Å². The van der Waals surface area contributed by atoms with Crippen molar-refractivity contribution in [2.24, 2.45) is 5.41 Å². The molecule has 1 aliphatic heterocycles. The molecule has 0 aromatic carbocycles. The molecule has 2 heterocycles. The number of nitrogens with zero attached hydrogens (tertiary/aromatic N) is 1. The number of hydrogen-bond acceptors (Lipinski definition) is 2. The van der Waals surface area contributed by atoms with E-state index in [1.165, 1.54) is 0 Å². The predicted molar refractivity (Wildman–Crippen MR) is 77.7 cm³/mol. The standard InChI is InChI=1S/C15H25N3O/c1-4-7-15(8-10-16-11-9-15)14(19)17-18-12(2)5-6-13(18)3/h5-6,16H,4,7-11H2,1-3H3,(H,17,19). The highest BCUT2D eigenvalue weighted by Gasteiger charge is 2.38. The Morgan fingerprint density at radius 3 is 2.42 bits per heavy atom. The van der Waals surface area contributed by atoms with E-state index in [4.69, 9.17) is 0 Å². The number of carbonyl (C=O) groups is 1. The molecule has 2 N–H and O–H groups in total. The fraction of sp³-hybridized carbons (Fsp3) is 0.667. The minimum Gasteiger partial charge on any atom is -0.317 e. The van der Waals surface area contributed by atoms with Crippen molar-refractivity contribution in [1.82, 2.24) is 9.99 Å². The molecule has 0 unspecified atom stereocenters. The summed E-state index contributed by atoms with van der Waals surface area (Å²) in [6.07, 6.45) is 3.90. The van der Waals surface area contributed by atoms with Crippen molar-refractivity contribution < 1.29 is 4.79 Å². The van der Waals surface area contributed by atoms with Gasteiger partial charge in [0.05, 0.1) is 5.41 Å². The fourth-order valence-corrected chi connectivity index (χ4v) is 3.04. The zero-order valence-corrected chi connectivity index (χ0v) is 12.3. The monoisotopic (exact) mass is 263 g/mol. The Morgan fingerprint density at radius 1 is 1.32 bits per heavy atom. The molecule has 1 amide bonds. The molecule has 1 fully saturated rings. The average Bonchev–Trinajstić information content (AvgIpc) is 2.72. The summed E-state index contributed by atoms with van der Waals surface area (Å²) in [5.74, 6) is 0.179. The van der Waals surface area contributed by atoms with Gasteiger partial charge in [-0.1, -0.05) is 13.3 Å². The fourth-order valence-electron chi connectivity index (χ4n) is 3.04. The summed E-state index contributed by atoms with van der Waals surface area (Å²) >= 11 is 0. The van der Waals surface area contributed by atoms with E-state index in [1.54, 1.807) is 0 Å². The summed E-state index contributed by atoms with van der Waals surface area (Å²) in [6.45, 7) is 8.07. The predicted octanol–water partition coefficient (Wildman–Crippen LogP) is 2.34. The van der Waals surface area contributed by atoms with Crippen molar-refractivity contribution in [1.29, 1.82) is 0 Å². The third kappa shape index (κ3) is 2.84. The Labute approximate surface area is 115 Å². The van der Waals surface area contributed by atoms with E-state index in [2.05, 4.69) is 17.7 Å². The third-order valence-corrected chi connectivity index (χ3v) is 4.26. The molecule has 0 bridgehead atoms. The quantitative estimate of drug-likeness (QED) is 0.876. The lowest BCUT2D eigenvalue weighted by Gasteiger charge is -2.36. The molecular weight excluding hydrogens is 238 g/mol. The molecule has 106 valence electrons. The first kappa shape index (κ1) is 14.1. The maximum absolute atomic E-state index is 12.7. The van der Waals surface area contributed by atoms with Crippen LogP contribution in [-0.4, -0.2) is 23.7 Å². The van der Waals surface area contributed by atoms with Gasteiger partial charge in [-0.3, -0.25) is 14.9 Å². The molecule has 0 radical (unpaired) electrons. The van der Waals surface area contributed by atoms with Gasteiger partial charge in [0, 0.05) is 11.4 Å². The SMILES string of the molecule is CCCC1(C(=O)Nn2c(C)ccc2C)CCNCC1. The van der Waals surface area contributed by atoms with Crippen LogP contribution < -0.4 is 10.7 Å². The Bertz CT molecular complexity index is 419. The molecular formula is C15H25N3O. The lowest BCUT2D eigenvalue weighted by molar-refractivity contribution is -0.128. The molecule has 1 aliphatic rings. The van der Waals surface area contributed by atoms with E-state index in [1.807, 2.05) is 30.7 Å². The molecule has 0 saturated carbocycles. The van der Waals surface area contributed by atoms with Gasteiger partial charge in [0.25, 0.3) is 0 Å². The summed E-state index contributed by atoms with van der Waals surface area (Å²) in [5, 5.41) is 3.35. The van der Waals surface area contributed by atoms with Gasteiger partial charge in [0.15, 0.2) is 0 Å². The van der Waals surface area contributed by atoms with Crippen molar-refractivity contribution in [3.8, 4) is 0 Å². The smallest absolute Gasteiger partial charge is 0.245 e. The molecule has 1 aromatic heterocycles. The molecule has 0 atom stereocenters. The second kappa shape index (κ2) is 5.78. The number of carbonyl (C=O) groups excluding carboxylic acids is 1. The van der Waals surface area contributed by atoms with Gasteiger partial charge in [0.1, 0.15) is 0 Å². The van der Waals surface area contributed by atoms with Crippen molar-refractivity contribution in [3.05, 3.63) is 23.5 Å². The van der Waals surface area contributed by atoms with Crippen LogP contribution >= 0.6 is 0 Å². The van der Waals surface area contributed by atoms with E-state index in [9.17, 15) is 4.79 Å². The van der Waals surface area contributed by atoms with Gasteiger partial charge in [-0.2, -0.15) is 0 Å². The summed E-state index contributed by atoms with van der Waals surface area (Å²) in [4.78, 5) is 12.7. The third-order valence-electron chi connectivity index (χ3n) is 4.26. The maximum atomic E-state index is 12.7. The number of aryl methyl sites for hydroxylation is 2. The summed E-state index contributed by atoms with van der Waals surface area (Å²) < 4.78 is 1.90. The number of aromatic nitrogens is 1. The molecule has 4 heteroatoms. The van der Waals surface area contributed by atoms with Crippen LogP contribution in [0.3, 0.4) is 0 Å². The maximum Gasteiger partial charge on any atom is 0.245 e. The first-order valence-electron chi connectivity index (χ1n) is 7.26. The molecule has 1 aromatic rings. The highest BCUT2D eigenvalue weighted by Crippen LogP contribution is 2.34. The van der Waals surface area contributed by atoms with Crippen LogP contribution in [0.25, 0.3) is 0 Å². The van der Waals surface area contributed by atoms with Gasteiger partial charge in [-0.15, -0.1) is 0 Å². The minimum atomic E-state index is -0.191. The zero-order chi connectivity index (χ0) is 13.9. The van der Waals surface area contributed by atoms with Crippen LogP contribution in [-0.2, 0) is 4.79 Å². The van der Waals surface area contributed by atoms with E-state index < -0.39 is 0 Å². The molecule has 4 nitrogen and oxygen atoms in total. The van der Waals surface area contributed by atoms with E-state index in [0.717, 1.165) is 50.2 Å². The number of hydrogen-bond donors (Lipinski definition) is 2. The van der Waals surface area contributed by atoms with Crippen molar-refractivity contribution in [3.63, 3.8) is 0 Å². The van der Waals surface area contributed by atoms with E-state index in [-0.39, 0.29) is 11.3 Å². The van der Waals surface area contributed by atoms with Crippen LogP contribution in [0.5, 0.6) is 0 Å². The van der Waals surface area contributed by atoms with Crippen molar-refractivity contribution in [2.45, 2.75) is 46.5 Å². The van der Waals surface area contributed by atoms with Gasteiger partial charge >= 0.3 is 0 Å². The lowest BCUT2D eigenvalue weighted by Crippen LogP contribution is -2.47. The summed E-state index contributed by atoms with van der Waals surface area (Å²) in [7, 11) is 0. The van der Waals surface area contributed by atoms with E-state index in [0.29, 0.717) is 0 Å². The van der Waals surface area contributed by atoms with Crippen LogP contribution in [0.2, 0.25) is 0 Å². The first-order chi connectivity index (χ1) is 9.09. The Morgan fingerprint density at radius 2 is 1.89 bits per heavy atom. The normalized spacial score (nSPS) is 18.3. The second-order valence-electron chi connectivity index (χ2n) is 5.67.